The first-order valence-electron chi connectivity index (χ1n) is 32.9. The van der Waals surface area contributed by atoms with Crippen LogP contribution in [0.1, 0.15) is 85.3 Å². The van der Waals surface area contributed by atoms with Gasteiger partial charge in [-0.1, -0.05) is 54.6 Å². The van der Waals surface area contributed by atoms with Crippen molar-refractivity contribution in [1.29, 1.82) is 0 Å². The number of aryl methyl sites for hydroxylation is 1. The van der Waals surface area contributed by atoms with Crippen LogP contribution >= 0.6 is 23.5 Å². The number of phenolic OH excluding ortho intramolecular Hbond substituents is 1. The molecule has 0 aliphatic carbocycles. The molecule has 4 bridgehead atoms. The van der Waals surface area contributed by atoms with Crippen molar-refractivity contribution >= 4 is 110 Å². The van der Waals surface area contributed by atoms with E-state index in [-0.39, 0.29) is 69.4 Å². The molecule has 0 radical (unpaired) electrons. The summed E-state index contributed by atoms with van der Waals surface area (Å²) >= 11 is 2.85. The molecule has 14 N–H and O–H groups in total. The number of carbonyl (C=O) groups is 10. The number of anilines is 1. The molecule has 5 heterocycles. The molecule has 3 aliphatic rings. The number of phenols is 1. The van der Waals surface area contributed by atoms with Crippen LogP contribution in [0.4, 0.5) is 14.5 Å². The zero-order valence-electron chi connectivity index (χ0n) is 54.6. The predicted octanol–water partition coefficient (Wildman–Crippen LogP) is 4.23. The Balaban J connectivity index is 0.974. The average molecular weight is 1390 g/mol. The maximum atomic E-state index is 15.3. The molecule has 522 valence electrons. The first kappa shape index (κ1) is 72.0. The lowest BCUT2D eigenvalue weighted by atomic mass is 9.95. The Hall–Kier alpha value is -9.80. The smallest absolute Gasteiger partial charge is 0.250 e. The summed E-state index contributed by atoms with van der Waals surface area (Å²) in [4.78, 5) is 154. The lowest BCUT2D eigenvalue weighted by molar-refractivity contribution is -0.147. The van der Waals surface area contributed by atoms with Crippen LogP contribution in [0.25, 0.3) is 21.8 Å². The van der Waals surface area contributed by atoms with Crippen LogP contribution in [-0.2, 0) is 85.1 Å². The van der Waals surface area contributed by atoms with E-state index in [1.165, 1.54) is 94.2 Å². The van der Waals surface area contributed by atoms with Gasteiger partial charge in [0.1, 0.15) is 65.7 Å². The van der Waals surface area contributed by atoms with Gasteiger partial charge in [0.2, 0.25) is 59.1 Å². The molecule has 5 aromatic carbocycles. The highest BCUT2D eigenvalue weighted by Gasteiger charge is 2.48. The molecule has 10 amide bonds. The standard InChI is InChI=1S/C71H81F2N13O11S2/c1-71-24-7-26-86(71)69(96)58(29-41-13-18-49(87)19-14-41)81-63(90)37-85-60-12-3-2-10-44(60)15-20-55(68(85)95)82-67(94)57(31-46-35-77-53-22-17-48(73)33-51(46)53)83-66(93)56(30-45-34-76-52-21-16-47(72)32-50(45)52)80-62(89)36-78-65(92)54(11-4-5-25-74)79-61(88)23-27-98-38-42-8-6-9-43(28-42)39-99-40-59(64(75)91)84-70(71)97/h2-3,6,8-10,12-14,16-19,21-22,28,32-35,54-59,76-77,87H,4-5,7,11,15,20,23-27,29-31,36-40,74H2,1H3,(H2,75,91)(H,78,92)(H,79,88)(H,80,89)(H,81,90)(H,82,94)(H,83,93)(H,84,97)/t54-,55-,56-,57-,58-,59-,71-/m0/s1. The fourth-order valence-corrected chi connectivity index (χ4v) is 14.7. The van der Waals surface area contributed by atoms with E-state index < -0.39 is 126 Å². The van der Waals surface area contributed by atoms with Gasteiger partial charge in [0, 0.05) is 95.1 Å². The number of aromatic nitrogens is 2. The number of nitrogens with one attached hydrogen (secondary N) is 9. The second-order valence-electron chi connectivity index (χ2n) is 25.3. The van der Waals surface area contributed by atoms with E-state index in [4.69, 9.17) is 11.5 Å². The maximum absolute atomic E-state index is 15.3. The Morgan fingerprint density at radius 1 is 0.646 bits per heavy atom. The highest BCUT2D eigenvalue weighted by Crippen LogP contribution is 2.33. The van der Waals surface area contributed by atoms with Crippen LogP contribution in [0, 0.1) is 11.6 Å². The van der Waals surface area contributed by atoms with Crippen molar-refractivity contribution in [2.45, 2.75) is 131 Å². The van der Waals surface area contributed by atoms with Gasteiger partial charge >= 0.3 is 0 Å². The monoisotopic (exact) mass is 1390 g/mol. The van der Waals surface area contributed by atoms with Gasteiger partial charge in [-0.25, -0.2) is 8.78 Å². The van der Waals surface area contributed by atoms with Crippen molar-refractivity contribution in [2.24, 2.45) is 11.5 Å². The molecule has 1 fully saturated rings. The highest BCUT2D eigenvalue weighted by molar-refractivity contribution is 7.98. The van der Waals surface area contributed by atoms with Crippen LogP contribution in [0.3, 0.4) is 0 Å². The number of benzene rings is 5. The number of aromatic amines is 2. The molecule has 10 rings (SSSR count). The largest absolute Gasteiger partial charge is 0.508 e. The summed E-state index contributed by atoms with van der Waals surface area (Å²) in [6, 6.07) is 20.4. The van der Waals surface area contributed by atoms with Gasteiger partial charge in [0.25, 0.3) is 0 Å². The molecule has 1 saturated heterocycles. The summed E-state index contributed by atoms with van der Waals surface area (Å²) in [5.41, 5.74) is 15.3. The van der Waals surface area contributed by atoms with Gasteiger partial charge in [-0.2, -0.15) is 23.5 Å². The summed E-state index contributed by atoms with van der Waals surface area (Å²) in [5, 5.41) is 30.3. The van der Waals surface area contributed by atoms with Crippen molar-refractivity contribution in [3.63, 3.8) is 0 Å². The van der Waals surface area contributed by atoms with Gasteiger partial charge in [-0.05, 0) is 146 Å². The molecule has 99 heavy (non-hydrogen) atoms. The molecule has 24 nitrogen and oxygen atoms in total. The van der Waals surface area contributed by atoms with Crippen molar-refractivity contribution in [3.05, 3.63) is 167 Å². The lowest BCUT2D eigenvalue weighted by Crippen LogP contribution is -2.62. The van der Waals surface area contributed by atoms with Gasteiger partial charge in [0.05, 0.1) is 6.54 Å². The molecular weight excluding hydrogens is 1310 g/mol. The van der Waals surface area contributed by atoms with Gasteiger partial charge < -0.3 is 73.6 Å². The number of nitrogens with two attached hydrogens (primary N) is 2. The minimum Gasteiger partial charge on any atom is -0.508 e. The fraction of sp³-hybridized carbons (Fsp3) is 0.380. The molecule has 0 spiro atoms. The fourth-order valence-electron chi connectivity index (χ4n) is 12.8. The number of H-pyrrole nitrogens is 2. The highest BCUT2D eigenvalue weighted by atomic mass is 32.2. The number of hydrogen-bond acceptors (Lipinski definition) is 14. The Bertz CT molecular complexity index is 4150. The lowest BCUT2D eigenvalue weighted by Gasteiger charge is -2.37. The number of fused-ring (bicyclic) bond motifs is 9. The summed E-state index contributed by atoms with van der Waals surface area (Å²) in [6.07, 6.45) is 4.31. The number of unbranched alkanes of at least 4 members (excludes halogenated alkanes) is 1. The van der Waals surface area contributed by atoms with Gasteiger partial charge in [-0.3, -0.25) is 47.9 Å². The van der Waals surface area contributed by atoms with Crippen LogP contribution in [0.2, 0.25) is 0 Å². The van der Waals surface area contributed by atoms with Crippen molar-refractivity contribution in [2.75, 3.05) is 42.6 Å². The maximum Gasteiger partial charge on any atom is 0.250 e. The summed E-state index contributed by atoms with van der Waals surface area (Å²) in [7, 11) is 0. The number of aromatic hydroxyl groups is 1. The quantitative estimate of drug-likeness (QED) is 0.0807. The van der Waals surface area contributed by atoms with Crippen molar-refractivity contribution in [3.8, 4) is 5.75 Å². The molecule has 2 aromatic heterocycles. The summed E-state index contributed by atoms with van der Waals surface area (Å²) in [5.74, 6) is -7.26. The Morgan fingerprint density at radius 2 is 1.28 bits per heavy atom. The summed E-state index contributed by atoms with van der Waals surface area (Å²) in [6.45, 7) is 0.626. The summed E-state index contributed by atoms with van der Waals surface area (Å²) < 4.78 is 29.9. The molecule has 0 unspecified atom stereocenters. The molecular formula is C71H81F2N13O11S2. The zero-order valence-corrected chi connectivity index (χ0v) is 56.2. The van der Waals surface area contributed by atoms with E-state index in [0.29, 0.717) is 92.8 Å². The number of para-hydroxylation sites is 1. The zero-order chi connectivity index (χ0) is 70.3. The molecule has 3 aliphatic heterocycles. The van der Waals surface area contributed by atoms with E-state index >= 15 is 19.2 Å². The minimum absolute atomic E-state index is 0.0163. The first-order valence-corrected chi connectivity index (χ1v) is 35.2. The van der Waals surface area contributed by atoms with E-state index in [1.807, 2.05) is 24.3 Å². The Labute approximate surface area is 578 Å². The minimum atomic E-state index is -1.58. The van der Waals surface area contributed by atoms with E-state index in [2.05, 4.69) is 47.2 Å². The van der Waals surface area contributed by atoms with Crippen LogP contribution in [0.5, 0.6) is 5.75 Å². The SMILES string of the molecule is C[C@@]12CCCN1C(=O)[C@H](Cc1ccc(O)cc1)NC(=O)CN1C(=O)[C@H](CCc3ccccc31)NC(=O)[C@H](Cc1c[nH]c3ccc(F)cc13)NC(=O)[C@H](Cc1c[nH]c3ccc(F)cc13)NC(=O)CNC(=O)[C@H](CCCCN)NC(=O)CCSCc1cccc(c1)CSC[C@@H](C(N)=O)NC2=O. The van der Waals surface area contributed by atoms with E-state index in [9.17, 15) is 42.7 Å². The number of carbonyl (C=O) groups excluding carboxylic acids is 10. The van der Waals surface area contributed by atoms with E-state index in [1.54, 1.807) is 43.3 Å². The number of amides is 10. The number of nitrogens with zero attached hydrogens (tertiary/aromatic N) is 2. The third-order valence-corrected chi connectivity index (χ3v) is 20.3. The van der Waals surface area contributed by atoms with E-state index in [0.717, 1.165) is 11.1 Å². The topological polar surface area (TPSA) is 365 Å². The molecule has 28 heteroatoms. The number of halogens is 2. The second kappa shape index (κ2) is 33.2. The van der Waals surface area contributed by atoms with Crippen LogP contribution < -0.4 is 53.6 Å². The average Bonchev–Trinajstić information content (AvgIpc) is 1.69. The first-order chi connectivity index (χ1) is 47.6. The molecule has 7 atom stereocenters. The molecule has 0 saturated carbocycles. The van der Waals surface area contributed by atoms with Crippen LogP contribution in [0.15, 0.2) is 122 Å². The van der Waals surface area contributed by atoms with Gasteiger partial charge in [0.15, 0.2) is 0 Å². The number of primary amides is 1. The third-order valence-electron chi connectivity index (χ3n) is 18.1. The predicted molar refractivity (Wildman–Crippen MR) is 372 cm³/mol. The van der Waals surface area contributed by atoms with Crippen molar-refractivity contribution < 1.29 is 61.8 Å². The Morgan fingerprint density at radius 3 is 1.96 bits per heavy atom. The van der Waals surface area contributed by atoms with Crippen LogP contribution in [-0.4, -0.2) is 159 Å². The van der Waals surface area contributed by atoms with Gasteiger partial charge in [-0.15, -0.1) is 0 Å². The second-order valence-corrected chi connectivity index (χ2v) is 27.4. The normalized spacial score (nSPS) is 22.7. The molecule has 7 aromatic rings. The number of hydrogen-bond donors (Lipinski definition) is 12. The third kappa shape index (κ3) is 18.5. The number of rotatable bonds is 11. The Kier molecular flexibility index (Phi) is 24.1. The number of thioether (sulfide) groups is 2. The van der Waals surface area contributed by atoms with Crippen molar-refractivity contribution in [1.82, 2.24) is 52.1 Å².